The van der Waals surface area contributed by atoms with Gasteiger partial charge in [-0.05, 0) is 39.5 Å². The maximum Gasteiger partial charge on any atom is 0.313 e. The molecule has 1 fully saturated rings. The lowest BCUT2D eigenvalue weighted by Gasteiger charge is -2.28. The molecule has 18 heavy (non-hydrogen) atoms. The summed E-state index contributed by atoms with van der Waals surface area (Å²) in [6, 6.07) is -0.0303. The van der Waals surface area contributed by atoms with E-state index in [1.807, 2.05) is 13.8 Å². The maximum absolute atomic E-state index is 12.2. The van der Waals surface area contributed by atoms with Gasteiger partial charge < -0.3 is 10.5 Å². The van der Waals surface area contributed by atoms with E-state index >= 15 is 0 Å². The summed E-state index contributed by atoms with van der Waals surface area (Å²) in [6.07, 6.45) is 8.73. The number of ether oxygens (including phenoxy) is 1. The number of carbonyl (C=O) groups is 1. The molecule has 0 amide bonds. The number of carbonyl (C=O) groups excluding carboxylic acids is 1. The zero-order valence-corrected chi connectivity index (χ0v) is 12.2. The van der Waals surface area contributed by atoms with Crippen LogP contribution in [0.15, 0.2) is 0 Å². The monoisotopic (exact) mass is 255 g/mol. The molecule has 106 valence electrons. The Labute approximate surface area is 111 Å². The molecule has 0 aliphatic heterocycles. The van der Waals surface area contributed by atoms with Gasteiger partial charge >= 0.3 is 5.97 Å². The van der Waals surface area contributed by atoms with Crippen LogP contribution in [-0.2, 0) is 9.53 Å². The normalized spacial score (nSPS) is 29.2. The molecule has 1 saturated carbocycles. The second-order valence-electron chi connectivity index (χ2n) is 5.98. The maximum atomic E-state index is 12.2. The Morgan fingerprint density at radius 2 is 2.17 bits per heavy atom. The lowest BCUT2D eigenvalue weighted by atomic mass is 9.85. The van der Waals surface area contributed by atoms with Gasteiger partial charge in [0, 0.05) is 6.04 Å². The first-order valence-corrected chi connectivity index (χ1v) is 7.47. The van der Waals surface area contributed by atoms with Crippen LogP contribution in [0.3, 0.4) is 0 Å². The average Bonchev–Trinajstić information content (AvgIpc) is 2.67. The van der Waals surface area contributed by atoms with Crippen molar-refractivity contribution in [1.82, 2.24) is 0 Å². The van der Waals surface area contributed by atoms with Crippen molar-refractivity contribution in [2.75, 3.05) is 0 Å². The molecule has 1 rings (SSSR count). The molecule has 0 saturated heterocycles. The van der Waals surface area contributed by atoms with E-state index in [-0.39, 0.29) is 18.1 Å². The van der Waals surface area contributed by atoms with Crippen molar-refractivity contribution in [3.8, 4) is 0 Å². The molecule has 1 aliphatic rings. The summed E-state index contributed by atoms with van der Waals surface area (Å²) in [5.41, 5.74) is 5.58. The van der Waals surface area contributed by atoms with Crippen molar-refractivity contribution in [2.45, 2.75) is 84.3 Å². The zero-order valence-electron chi connectivity index (χ0n) is 12.2. The fourth-order valence-electron chi connectivity index (χ4n) is 2.68. The van der Waals surface area contributed by atoms with Gasteiger partial charge in [0.25, 0.3) is 0 Å². The third-order valence-corrected chi connectivity index (χ3v) is 4.27. The molecule has 3 unspecified atom stereocenters. The van der Waals surface area contributed by atoms with Crippen LogP contribution in [0.1, 0.15) is 72.1 Å². The number of hydrogen-bond acceptors (Lipinski definition) is 3. The largest absolute Gasteiger partial charge is 0.462 e. The van der Waals surface area contributed by atoms with E-state index in [1.165, 1.54) is 19.3 Å². The summed E-state index contributed by atoms with van der Waals surface area (Å²) in [5.74, 6) is -0.0875. The topological polar surface area (TPSA) is 52.3 Å². The van der Waals surface area contributed by atoms with Crippen LogP contribution in [0.25, 0.3) is 0 Å². The summed E-state index contributed by atoms with van der Waals surface area (Å²) in [4.78, 5) is 12.2. The van der Waals surface area contributed by atoms with Gasteiger partial charge in [0.2, 0.25) is 0 Å². The van der Waals surface area contributed by atoms with Gasteiger partial charge in [-0.3, -0.25) is 4.79 Å². The molecule has 2 N–H and O–H groups in total. The van der Waals surface area contributed by atoms with Gasteiger partial charge in [0.15, 0.2) is 0 Å². The Hall–Kier alpha value is -0.570. The summed E-state index contributed by atoms with van der Waals surface area (Å²) < 4.78 is 5.57. The van der Waals surface area contributed by atoms with Crippen LogP contribution in [0, 0.1) is 5.41 Å². The molecular formula is C15H29NO2. The molecule has 1 aliphatic carbocycles. The molecule has 0 heterocycles. The van der Waals surface area contributed by atoms with E-state index in [0.29, 0.717) is 0 Å². The molecule has 0 aromatic rings. The first kappa shape index (κ1) is 15.5. The van der Waals surface area contributed by atoms with E-state index in [4.69, 9.17) is 10.5 Å². The molecule has 3 nitrogen and oxygen atoms in total. The van der Waals surface area contributed by atoms with Gasteiger partial charge in [0.1, 0.15) is 0 Å². The van der Waals surface area contributed by atoms with E-state index < -0.39 is 5.41 Å². The standard InChI is InChI=1S/C15H29NO2/c1-4-5-6-7-9-12(2)18-14(17)15(3)11-8-10-13(15)16/h12-13H,4-11,16H2,1-3H3. The summed E-state index contributed by atoms with van der Waals surface area (Å²) in [7, 11) is 0. The van der Waals surface area contributed by atoms with Crippen molar-refractivity contribution < 1.29 is 9.53 Å². The minimum Gasteiger partial charge on any atom is -0.462 e. The highest BCUT2D eigenvalue weighted by Crippen LogP contribution is 2.38. The van der Waals surface area contributed by atoms with Crippen LogP contribution in [0.2, 0.25) is 0 Å². The molecule has 3 atom stereocenters. The van der Waals surface area contributed by atoms with Gasteiger partial charge in [-0.2, -0.15) is 0 Å². The van der Waals surface area contributed by atoms with Crippen molar-refractivity contribution >= 4 is 5.97 Å². The van der Waals surface area contributed by atoms with E-state index in [0.717, 1.165) is 32.1 Å². The molecular weight excluding hydrogens is 226 g/mol. The number of hydrogen-bond donors (Lipinski definition) is 1. The van der Waals surface area contributed by atoms with Gasteiger partial charge in [-0.15, -0.1) is 0 Å². The van der Waals surface area contributed by atoms with E-state index in [9.17, 15) is 4.79 Å². The fourth-order valence-corrected chi connectivity index (χ4v) is 2.68. The predicted molar refractivity (Wildman–Crippen MR) is 74.2 cm³/mol. The Balaban J connectivity index is 2.30. The Morgan fingerprint density at radius 1 is 1.44 bits per heavy atom. The number of unbranched alkanes of at least 4 members (excludes halogenated alkanes) is 3. The minimum absolute atomic E-state index is 0.0268. The lowest BCUT2D eigenvalue weighted by Crippen LogP contribution is -2.43. The summed E-state index contributed by atoms with van der Waals surface area (Å²) >= 11 is 0. The first-order valence-electron chi connectivity index (χ1n) is 7.47. The third-order valence-electron chi connectivity index (χ3n) is 4.27. The van der Waals surface area contributed by atoms with Crippen LogP contribution in [0.5, 0.6) is 0 Å². The predicted octanol–water partition coefficient (Wildman–Crippen LogP) is 3.41. The van der Waals surface area contributed by atoms with Crippen molar-refractivity contribution in [3.05, 3.63) is 0 Å². The smallest absolute Gasteiger partial charge is 0.313 e. The molecule has 0 bridgehead atoms. The van der Waals surface area contributed by atoms with E-state index in [1.54, 1.807) is 0 Å². The van der Waals surface area contributed by atoms with Crippen LogP contribution >= 0.6 is 0 Å². The second kappa shape index (κ2) is 7.13. The second-order valence-corrected chi connectivity index (χ2v) is 5.98. The van der Waals surface area contributed by atoms with Crippen LogP contribution in [-0.4, -0.2) is 18.1 Å². The molecule has 0 aromatic heterocycles. The molecule has 0 spiro atoms. The highest BCUT2D eigenvalue weighted by molar-refractivity contribution is 5.78. The summed E-state index contributed by atoms with van der Waals surface area (Å²) in [5, 5.41) is 0. The fraction of sp³-hybridized carbons (Fsp3) is 0.933. The minimum atomic E-state index is -0.447. The molecule has 0 aromatic carbocycles. The Morgan fingerprint density at radius 3 is 2.72 bits per heavy atom. The number of rotatable bonds is 7. The van der Waals surface area contributed by atoms with Gasteiger partial charge in [0.05, 0.1) is 11.5 Å². The quantitative estimate of drug-likeness (QED) is 0.560. The van der Waals surface area contributed by atoms with Crippen LogP contribution < -0.4 is 5.73 Å². The van der Waals surface area contributed by atoms with Crippen molar-refractivity contribution in [2.24, 2.45) is 11.1 Å². The average molecular weight is 255 g/mol. The first-order chi connectivity index (χ1) is 8.50. The Bertz CT molecular complexity index is 267. The van der Waals surface area contributed by atoms with Crippen molar-refractivity contribution in [1.29, 1.82) is 0 Å². The summed E-state index contributed by atoms with van der Waals surface area (Å²) in [6.45, 7) is 6.15. The van der Waals surface area contributed by atoms with Crippen LogP contribution in [0.4, 0.5) is 0 Å². The van der Waals surface area contributed by atoms with Gasteiger partial charge in [-0.25, -0.2) is 0 Å². The number of nitrogens with two attached hydrogens (primary N) is 1. The Kier molecular flexibility index (Phi) is 6.13. The van der Waals surface area contributed by atoms with Gasteiger partial charge in [-0.1, -0.05) is 32.6 Å². The third kappa shape index (κ3) is 3.98. The highest BCUT2D eigenvalue weighted by atomic mass is 16.5. The SMILES string of the molecule is CCCCCCC(C)OC(=O)C1(C)CCCC1N. The zero-order chi connectivity index (χ0) is 13.6. The number of esters is 1. The molecule has 3 heteroatoms. The molecule has 0 radical (unpaired) electrons. The highest BCUT2D eigenvalue weighted by Gasteiger charge is 2.44. The van der Waals surface area contributed by atoms with E-state index in [2.05, 4.69) is 6.92 Å². The van der Waals surface area contributed by atoms with Crippen molar-refractivity contribution in [3.63, 3.8) is 0 Å². The lowest BCUT2D eigenvalue weighted by molar-refractivity contribution is -0.160.